The molecule has 0 fully saturated rings. The standard InChI is InChI=1S/C17H14F3NO3S/c1-10(17(23)21-16-12(19)6-4-7-13(16)20)24-15(22)9-25-14-8-3-2-5-11(14)18/h2-8,10H,9H2,1H3,(H,21,23)/t10-/m0/s1. The van der Waals surface area contributed by atoms with E-state index in [0.29, 0.717) is 0 Å². The lowest BCUT2D eigenvalue weighted by molar-refractivity contribution is -0.150. The van der Waals surface area contributed by atoms with Crippen LogP contribution in [0, 0.1) is 17.5 Å². The van der Waals surface area contributed by atoms with E-state index in [9.17, 15) is 22.8 Å². The van der Waals surface area contributed by atoms with E-state index >= 15 is 0 Å². The number of carbonyl (C=O) groups excluding carboxylic acids is 2. The fraction of sp³-hybridized carbons (Fsp3) is 0.176. The number of anilines is 1. The second-order valence-electron chi connectivity index (χ2n) is 4.94. The first-order valence-corrected chi connectivity index (χ1v) is 8.18. The van der Waals surface area contributed by atoms with Gasteiger partial charge in [0.2, 0.25) is 0 Å². The molecule has 0 saturated carbocycles. The molecule has 0 aliphatic heterocycles. The third-order valence-corrected chi connectivity index (χ3v) is 4.09. The Labute approximate surface area is 146 Å². The Hall–Kier alpha value is -2.48. The maximum absolute atomic E-state index is 13.5. The molecule has 2 aromatic carbocycles. The first kappa shape index (κ1) is 18.9. The molecule has 0 unspecified atom stereocenters. The molecule has 132 valence electrons. The van der Waals surface area contributed by atoms with Crippen LogP contribution in [-0.2, 0) is 14.3 Å². The molecule has 8 heteroatoms. The summed E-state index contributed by atoms with van der Waals surface area (Å²) >= 11 is 0.916. The molecule has 0 aromatic heterocycles. The Morgan fingerprint density at radius 1 is 1.04 bits per heavy atom. The van der Waals surface area contributed by atoms with Crippen LogP contribution in [0.1, 0.15) is 6.92 Å². The van der Waals surface area contributed by atoms with Crippen molar-refractivity contribution in [3.05, 3.63) is 59.9 Å². The van der Waals surface area contributed by atoms with E-state index in [1.807, 2.05) is 5.32 Å². The second kappa shape index (κ2) is 8.57. The smallest absolute Gasteiger partial charge is 0.317 e. The number of amides is 1. The Morgan fingerprint density at radius 3 is 2.28 bits per heavy atom. The highest BCUT2D eigenvalue weighted by Gasteiger charge is 2.21. The highest BCUT2D eigenvalue weighted by Crippen LogP contribution is 2.22. The predicted octanol–water partition coefficient (Wildman–Crippen LogP) is 3.77. The van der Waals surface area contributed by atoms with Crippen LogP contribution >= 0.6 is 11.8 Å². The van der Waals surface area contributed by atoms with Crippen LogP contribution in [0.25, 0.3) is 0 Å². The van der Waals surface area contributed by atoms with Crippen LogP contribution in [0.4, 0.5) is 18.9 Å². The second-order valence-corrected chi connectivity index (χ2v) is 5.95. The zero-order valence-electron chi connectivity index (χ0n) is 13.1. The van der Waals surface area contributed by atoms with Gasteiger partial charge in [-0.15, -0.1) is 11.8 Å². The molecule has 4 nitrogen and oxygen atoms in total. The molecule has 0 spiro atoms. The fourth-order valence-electron chi connectivity index (χ4n) is 1.83. The summed E-state index contributed by atoms with van der Waals surface area (Å²) in [5.41, 5.74) is -0.615. The number of hydrogen-bond acceptors (Lipinski definition) is 4. The third kappa shape index (κ3) is 5.25. The van der Waals surface area contributed by atoms with Crippen LogP contribution in [-0.4, -0.2) is 23.7 Å². The summed E-state index contributed by atoms with van der Waals surface area (Å²) in [4.78, 5) is 23.9. The van der Waals surface area contributed by atoms with Gasteiger partial charge < -0.3 is 10.1 Å². The number of benzene rings is 2. The molecule has 0 aliphatic rings. The molecule has 0 heterocycles. The predicted molar refractivity (Wildman–Crippen MR) is 87.7 cm³/mol. The zero-order chi connectivity index (χ0) is 18.4. The fourth-order valence-corrected chi connectivity index (χ4v) is 2.55. The van der Waals surface area contributed by atoms with E-state index in [1.54, 1.807) is 6.07 Å². The Morgan fingerprint density at radius 2 is 1.64 bits per heavy atom. The van der Waals surface area contributed by atoms with Gasteiger partial charge in [0, 0.05) is 4.90 Å². The first-order valence-electron chi connectivity index (χ1n) is 7.20. The molecule has 25 heavy (non-hydrogen) atoms. The quantitative estimate of drug-likeness (QED) is 0.622. The molecule has 2 rings (SSSR count). The number of para-hydroxylation sites is 1. The summed E-state index contributed by atoms with van der Waals surface area (Å²) < 4.78 is 45.3. The maximum Gasteiger partial charge on any atom is 0.317 e. The molecule has 2 aromatic rings. The van der Waals surface area contributed by atoms with Gasteiger partial charge in [0.15, 0.2) is 6.10 Å². The van der Waals surface area contributed by atoms with Gasteiger partial charge in [-0.1, -0.05) is 18.2 Å². The minimum Gasteiger partial charge on any atom is -0.452 e. The minimum absolute atomic E-state index is 0.216. The third-order valence-electron chi connectivity index (χ3n) is 3.07. The Kier molecular flexibility index (Phi) is 6.46. The largest absolute Gasteiger partial charge is 0.452 e. The van der Waals surface area contributed by atoms with Crippen molar-refractivity contribution < 1.29 is 27.5 Å². The molecule has 1 N–H and O–H groups in total. The van der Waals surface area contributed by atoms with E-state index in [2.05, 4.69) is 0 Å². The summed E-state index contributed by atoms with van der Waals surface area (Å²) in [6.07, 6.45) is -1.27. The average Bonchev–Trinajstić information content (AvgIpc) is 2.57. The van der Waals surface area contributed by atoms with Gasteiger partial charge in [-0.25, -0.2) is 13.2 Å². The van der Waals surface area contributed by atoms with Gasteiger partial charge in [0.1, 0.15) is 23.1 Å². The van der Waals surface area contributed by atoms with Crippen LogP contribution in [0.15, 0.2) is 47.4 Å². The lowest BCUT2D eigenvalue weighted by atomic mass is 10.2. The van der Waals surface area contributed by atoms with Crippen molar-refractivity contribution in [1.82, 2.24) is 0 Å². The highest BCUT2D eigenvalue weighted by atomic mass is 32.2. The van der Waals surface area contributed by atoms with E-state index in [1.165, 1.54) is 25.1 Å². The molecule has 1 atom stereocenters. The lowest BCUT2D eigenvalue weighted by Gasteiger charge is -2.14. The van der Waals surface area contributed by atoms with E-state index in [0.717, 1.165) is 30.0 Å². The number of rotatable bonds is 6. The van der Waals surface area contributed by atoms with Gasteiger partial charge >= 0.3 is 5.97 Å². The molecular formula is C17H14F3NO3S. The molecule has 1 amide bonds. The maximum atomic E-state index is 13.5. The van der Waals surface area contributed by atoms with Gasteiger partial charge in [0.25, 0.3) is 5.91 Å². The van der Waals surface area contributed by atoms with Gasteiger partial charge in [-0.05, 0) is 31.2 Å². The summed E-state index contributed by atoms with van der Waals surface area (Å²) in [6.45, 7) is 1.26. The number of ether oxygens (including phenoxy) is 1. The number of halogens is 3. The van der Waals surface area contributed by atoms with E-state index in [-0.39, 0.29) is 10.6 Å². The zero-order valence-corrected chi connectivity index (χ0v) is 13.9. The average molecular weight is 369 g/mol. The van der Waals surface area contributed by atoms with E-state index < -0.39 is 41.1 Å². The number of nitrogens with one attached hydrogen (secondary N) is 1. The summed E-state index contributed by atoms with van der Waals surface area (Å²) in [5.74, 6) is -4.21. The Balaban J connectivity index is 1.88. The van der Waals surface area contributed by atoms with Gasteiger partial charge in [0.05, 0.1) is 5.75 Å². The Bertz CT molecular complexity index is 765. The van der Waals surface area contributed by atoms with Crippen molar-refractivity contribution in [2.45, 2.75) is 17.9 Å². The van der Waals surface area contributed by atoms with Crippen LogP contribution in [0.2, 0.25) is 0 Å². The van der Waals surface area contributed by atoms with Crippen molar-refractivity contribution in [3.63, 3.8) is 0 Å². The molecule has 0 radical (unpaired) electrons. The first-order chi connectivity index (χ1) is 11.9. The minimum atomic E-state index is -1.27. The van der Waals surface area contributed by atoms with Gasteiger partial charge in [-0.3, -0.25) is 9.59 Å². The normalized spacial score (nSPS) is 11.7. The molecule has 0 bridgehead atoms. The summed E-state index contributed by atoms with van der Waals surface area (Å²) in [6, 6.07) is 9.03. The summed E-state index contributed by atoms with van der Waals surface area (Å²) in [5, 5.41) is 2.03. The number of esters is 1. The van der Waals surface area contributed by atoms with Crippen molar-refractivity contribution in [2.75, 3.05) is 11.1 Å². The van der Waals surface area contributed by atoms with Crippen molar-refractivity contribution in [1.29, 1.82) is 0 Å². The van der Waals surface area contributed by atoms with Crippen LogP contribution in [0.5, 0.6) is 0 Å². The van der Waals surface area contributed by atoms with Crippen molar-refractivity contribution >= 4 is 29.3 Å². The van der Waals surface area contributed by atoms with Crippen molar-refractivity contribution in [2.24, 2.45) is 0 Å². The summed E-state index contributed by atoms with van der Waals surface area (Å²) in [7, 11) is 0. The van der Waals surface area contributed by atoms with Crippen molar-refractivity contribution in [3.8, 4) is 0 Å². The highest BCUT2D eigenvalue weighted by molar-refractivity contribution is 8.00. The topological polar surface area (TPSA) is 55.4 Å². The van der Waals surface area contributed by atoms with E-state index in [4.69, 9.17) is 4.74 Å². The van der Waals surface area contributed by atoms with Crippen LogP contribution < -0.4 is 5.32 Å². The number of hydrogen-bond donors (Lipinski definition) is 1. The monoisotopic (exact) mass is 369 g/mol. The molecule has 0 aliphatic carbocycles. The number of thioether (sulfide) groups is 1. The number of carbonyl (C=O) groups is 2. The SMILES string of the molecule is C[C@H](OC(=O)CSc1ccccc1F)C(=O)Nc1c(F)cccc1F. The lowest BCUT2D eigenvalue weighted by Crippen LogP contribution is -2.31. The van der Waals surface area contributed by atoms with Gasteiger partial charge in [-0.2, -0.15) is 0 Å². The molecular weight excluding hydrogens is 355 g/mol. The van der Waals surface area contributed by atoms with Crippen LogP contribution in [0.3, 0.4) is 0 Å². The molecule has 0 saturated heterocycles.